The number of rotatable bonds is 6. The molecule has 0 unspecified atom stereocenters. The molecule has 4 aromatic rings. The van der Waals surface area contributed by atoms with Gasteiger partial charge in [0.1, 0.15) is 17.9 Å². The predicted octanol–water partition coefficient (Wildman–Crippen LogP) is 2.51. The third kappa shape index (κ3) is 3.73. The van der Waals surface area contributed by atoms with Gasteiger partial charge in [-0.2, -0.15) is 14.6 Å². The van der Waals surface area contributed by atoms with E-state index in [9.17, 15) is 10.2 Å². The number of fused-ring (bicyclic) bond motifs is 1. The molecule has 0 saturated heterocycles. The first-order chi connectivity index (χ1) is 13.2. The maximum Gasteiger partial charge on any atom is 0.254 e. The molecule has 4 rings (SSSR count). The highest BCUT2D eigenvalue weighted by Gasteiger charge is 2.14. The molecule has 0 saturated carbocycles. The lowest BCUT2D eigenvalue weighted by Gasteiger charge is -2.18. The molecule has 0 spiro atoms. The molecule has 3 N–H and O–H groups in total. The maximum absolute atomic E-state index is 9.84. The van der Waals surface area contributed by atoms with Crippen molar-refractivity contribution in [1.82, 2.24) is 19.6 Å². The predicted molar refractivity (Wildman–Crippen MR) is 103 cm³/mol. The molecule has 2 aromatic carbocycles. The summed E-state index contributed by atoms with van der Waals surface area (Å²) in [6.45, 7) is -0.0555. The van der Waals surface area contributed by atoms with E-state index in [1.807, 2.05) is 48.5 Å². The molecule has 0 radical (unpaired) electrons. The number of aromatic hydroxyl groups is 1. The van der Waals surface area contributed by atoms with Crippen LogP contribution in [0.1, 0.15) is 5.56 Å². The lowest BCUT2D eigenvalue weighted by atomic mass is 10.1. The summed E-state index contributed by atoms with van der Waals surface area (Å²) in [4.78, 5) is 8.75. The third-order valence-corrected chi connectivity index (χ3v) is 4.31. The van der Waals surface area contributed by atoms with Crippen LogP contribution in [0.3, 0.4) is 0 Å². The van der Waals surface area contributed by atoms with Gasteiger partial charge in [-0.05, 0) is 24.1 Å². The lowest BCUT2D eigenvalue weighted by Crippen LogP contribution is -2.27. The minimum atomic E-state index is -0.229. The Labute approximate surface area is 156 Å². The lowest BCUT2D eigenvalue weighted by molar-refractivity contribution is 0.273. The summed E-state index contributed by atoms with van der Waals surface area (Å²) in [5, 5.41) is 26.8. The van der Waals surface area contributed by atoms with Gasteiger partial charge in [0.15, 0.2) is 0 Å². The minimum Gasteiger partial charge on any atom is -0.508 e. The van der Waals surface area contributed by atoms with Gasteiger partial charge in [0.25, 0.3) is 5.78 Å². The Kier molecular flexibility index (Phi) is 4.67. The fraction of sp³-hybridized carbons (Fsp3) is 0.150. The SMILES string of the molecule is OC[C@H](Cc1ccc(O)cc1)Nc1cc(-c2ccccc2)nc2ncnn12. The summed E-state index contributed by atoms with van der Waals surface area (Å²) in [5.41, 5.74) is 2.76. The molecule has 1 atom stereocenters. The van der Waals surface area contributed by atoms with Crippen molar-refractivity contribution in [1.29, 1.82) is 0 Å². The number of phenolic OH excluding ortho intramolecular Hbond substituents is 1. The smallest absolute Gasteiger partial charge is 0.254 e. The van der Waals surface area contributed by atoms with Crippen LogP contribution in [-0.4, -0.2) is 42.4 Å². The maximum atomic E-state index is 9.84. The van der Waals surface area contributed by atoms with E-state index in [2.05, 4.69) is 20.4 Å². The average Bonchev–Trinajstić information content (AvgIpc) is 3.18. The quantitative estimate of drug-likeness (QED) is 0.488. The van der Waals surface area contributed by atoms with Gasteiger partial charge in [0.05, 0.1) is 18.3 Å². The number of aromatic nitrogens is 4. The highest BCUT2D eigenvalue weighted by atomic mass is 16.3. The highest BCUT2D eigenvalue weighted by molar-refractivity contribution is 5.65. The largest absolute Gasteiger partial charge is 0.508 e. The van der Waals surface area contributed by atoms with Gasteiger partial charge in [-0.25, -0.2) is 4.98 Å². The van der Waals surface area contributed by atoms with Crippen LogP contribution < -0.4 is 5.32 Å². The van der Waals surface area contributed by atoms with Crippen molar-refractivity contribution < 1.29 is 10.2 Å². The zero-order valence-electron chi connectivity index (χ0n) is 14.5. The molecule has 0 aliphatic rings. The number of aliphatic hydroxyl groups excluding tert-OH is 1. The molecular formula is C20H19N5O2. The van der Waals surface area contributed by atoms with Crippen molar-refractivity contribution in [2.45, 2.75) is 12.5 Å². The van der Waals surface area contributed by atoms with E-state index in [1.165, 1.54) is 6.33 Å². The summed E-state index contributed by atoms with van der Waals surface area (Å²) in [5.74, 6) is 1.41. The van der Waals surface area contributed by atoms with Crippen LogP contribution in [0.5, 0.6) is 5.75 Å². The van der Waals surface area contributed by atoms with Crippen LogP contribution >= 0.6 is 0 Å². The van der Waals surface area contributed by atoms with Crippen molar-refractivity contribution in [3.8, 4) is 17.0 Å². The van der Waals surface area contributed by atoms with Crippen LogP contribution in [0.2, 0.25) is 0 Å². The number of benzene rings is 2. The van der Waals surface area contributed by atoms with Crippen molar-refractivity contribution in [2.75, 3.05) is 11.9 Å². The molecule has 0 aliphatic carbocycles. The number of anilines is 1. The van der Waals surface area contributed by atoms with Crippen LogP contribution in [0.25, 0.3) is 17.0 Å². The van der Waals surface area contributed by atoms with Gasteiger partial charge in [-0.15, -0.1) is 0 Å². The molecule has 2 heterocycles. The first-order valence-electron chi connectivity index (χ1n) is 8.64. The average molecular weight is 361 g/mol. The standard InChI is InChI=1S/C20H19N5O2/c26-12-16(10-14-6-8-17(27)9-7-14)23-19-11-18(15-4-2-1-3-5-15)24-20-21-13-22-25(19)20/h1-9,11,13,16,23,26-27H,10,12H2/t16-/m0/s1. The molecule has 136 valence electrons. The van der Waals surface area contributed by atoms with Crippen molar-refractivity contribution >= 4 is 11.6 Å². The summed E-state index contributed by atoms with van der Waals surface area (Å²) in [7, 11) is 0. The Balaban J connectivity index is 1.65. The Morgan fingerprint density at radius 3 is 2.56 bits per heavy atom. The van der Waals surface area contributed by atoms with Gasteiger partial charge < -0.3 is 15.5 Å². The van der Waals surface area contributed by atoms with Gasteiger partial charge in [-0.3, -0.25) is 0 Å². The van der Waals surface area contributed by atoms with Crippen molar-refractivity contribution in [2.24, 2.45) is 0 Å². The Bertz CT molecular complexity index is 1030. The van der Waals surface area contributed by atoms with Gasteiger partial charge in [-0.1, -0.05) is 42.5 Å². The fourth-order valence-electron chi connectivity index (χ4n) is 2.96. The van der Waals surface area contributed by atoms with E-state index in [4.69, 9.17) is 0 Å². The van der Waals surface area contributed by atoms with Gasteiger partial charge in [0, 0.05) is 11.6 Å². The van der Waals surface area contributed by atoms with Gasteiger partial charge >= 0.3 is 0 Å². The molecule has 0 amide bonds. The van der Waals surface area contributed by atoms with E-state index in [-0.39, 0.29) is 18.4 Å². The van der Waals surface area contributed by atoms with E-state index in [0.29, 0.717) is 18.0 Å². The topological polar surface area (TPSA) is 95.6 Å². The van der Waals surface area contributed by atoms with Crippen LogP contribution in [0, 0.1) is 0 Å². The minimum absolute atomic E-state index is 0.0555. The molecule has 2 aromatic heterocycles. The number of hydrogen-bond acceptors (Lipinski definition) is 6. The zero-order valence-corrected chi connectivity index (χ0v) is 14.5. The van der Waals surface area contributed by atoms with Gasteiger partial charge in [0.2, 0.25) is 0 Å². The van der Waals surface area contributed by atoms with E-state index in [1.54, 1.807) is 16.6 Å². The number of hydrogen-bond donors (Lipinski definition) is 3. The number of phenols is 1. The van der Waals surface area contributed by atoms with E-state index in [0.717, 1.165) is 16.8 Å². The van der Waals surface area contributed by atoms with Crippen molar-refractivity contribution in [3.63, 3.8) is 0 Å². The summed E-state index contributed by atoms with van der Waals surface area (Å²) < 4.78 is 1.62. The molecule has 0 fully saturated rings. The third-order valence-electron chi connectivity index (χ3n) is 4.31. The number of nitrogens with zero attached hydrogens (tertiary/aromatic N) is 4. The molecule has 0 aliphatic heterocycles. The fourth-order valence-corrected chi connectivity index (χ4v) is 2.96. The molecule has 0 bridgehead atoms. The van der Waals surface area contributed by atoms with E-state index < -0.39 is 0 Å². The Morgan fingerprint density at radius 1 is 1.04 bits per heavy atom. The number of nitrogens with one attached hydrogen (secondary N) is 1. The Morgan fingerprint density at radius 2 is 1.81 bits per heavy atom. The molecule has 7 nitrogen and oxygen atoms in total. The van der Waals surface area contributed by atoms with E-state index >= 15 is 0 Å². The Hall–Kier alpha value is -3.45. The van der Waals surface area contributed by atoms with Crippen LogP contribution in [0.15, 0.2) is 67.0 Å². The summed E-state index contributed by atoms with van der Waals surface area (Å²) in [6, 6.07) is 18.5. The van der Waals surface area contributed by atoms with Crippen LogP contribution in [-0.2, 0) is 6.42 Å². The monoisotopic (exact) mass is 361 g/mol. The van der Waals surface area contributed by atoms with Crippen LogP contribution in [0.4, 0.5) is 5.82 Å². The molecular weight excluding hydrogens is 342 g/mol. The summed E-state index contributed by atoms with van der Waals surface area (Å²) >= 11 is 0. The molecule has 27 heavy (non-hydrogen) atoms. The second kappa shape index (κ2) is 7.43. The second-order valence-corrected chi connectivity index (χ2v) is 6.26. The molecule has 7 heteroatoms. The highest BCUT2D eigenvalue weighted by Crippen LogP contribution is 2.22. The summed E-state index contributed by atoms with van der Waals surface area (Å²) in [6.07, 6.45) is 2.05. The first-order valence-corrected chi connectivity index (χ1v) is 8.64. The number of aliphatic hydroxyl groups is 1. The zero-order chi connectivity index (χ0) is 18.6. The first kappa shape index (κ1) is 17.0. The van der Waals surface area contributed by atoms with Crippen molar-refractivity contribution in [3.05, 3.63) is 72.6 Å². The normalized spacial score (nSPS) is 12.2. The second-order valence-electron chi connectivity index (χ2n) is 6.26.